The lowest BCUT2D eigenvalue weighted by Gasteiger charge is -2.56. The minimum Gasteiger partial charge on any atom is -0.383 e. The maximum Gasteiger partial charge on any atom is 0.456 e. The summed E-state index contributed by atoms with van der Waals surface area (Å²) in [7, 11) is 0. The lowest BCUT2D eigenvalue weighted by molar-refractivity contribution is -0.362. The lowest BCUT2D eigenvalue weighted by atomic mass is 9.50. The molecule has 0 radical (unpaired) electrons. The van der Waals surface area contributed by atoms with Crippen LogP contribution in [0.15, 0.2) is 71.3 Å². The zero-order valence-electron chi connectivity index (χ0n) is 22.0. The minimum atomic E-state index is -5.88. The number of hydrogen-bond acceptors (Lipinski definition) is 2. The zero-order chi connectivity index (χ0) is 28.7. The molecule has 0 unspecified atom stereocenters. The van der Waals surface area contributed by atoms with E-state index in [1.807, 2.05) is 24.3 Å². The average molecular weight is 561 g/mol. The standard InChI is InChI=1S/C32H30F6O2/c1-29-17-26(20-4-2-18(3-5-20)19-6-9-22(33)10-7-19)28-24-13-11-23(39)16-21(24)8-12-25(28)27(29)14-15-30(29,40)31(34,35)32(36,37)38/h2-7,9-10,16,25-27,40H,8,11-15,17H2,1H3/t25-,26+,27-,29-,30-/m0/s1. The van der Waals surface area contributed by atoms with Crippen LogP contribution in [0.1, 0.15) is 63.4 Å². The maximum absolute atomic E-state index is 15.1. The van der Waals surface area contributed by atoms with Crippen LogP contribution in [-0.2, 0) is 4.79 Å². The Labute approximate surface area is 228 Å². The molecule has 6 rings (SSSR count). The van der Waals surface area contributed by atoms with E-state index in [2.05, 4.69) is 0 Å². The van der Waals surface area contributed by atoms with Crippen molar-refractivity contribution in [2.24, 2.45) is 17.3 Å². The van der Waals surface area contributed by atoms with Crippen molar-refractivity contribution in [3.63, 3.8) is 0 Å². The Morgan fingerprint density at radius 3 is 2.12 bits per heavy atom. The van der Waals surface area contributed by atoms with E-state index in [-0.39, 0.29) is 30.4 Å². The number of allylic oxidation sites excluding steroid dienone is 4. The van der Waals surface area contributed by atoms with Crippen LogP contribution < -0.4 is 0 Å². The highest BCUT2D eigenvalue weighted by atomic mass is 19.4. The van der Waals surface area contributed by atoms with Crippen molar-refractivity contribution in [2.45, 2.75) is 75.5 Å². The van der Waals surface area contributed by atoms with Crippen LogP contribution >= 0.6 is 0 Å². The van der Waals surface area contributed by atoms with Gasteiger partial charge < -0.3 is 5.11 Å². The molecule has 2 aromatic carbocycles. The molecule has 2 saturated carbocycles. The molecule has 0 bridgehead atoms. The molecule has 2 nitrogen and oxygen atoms in total. The molecule has 0 spiro atoms. The van der Waals surface area contributed by atoms with E-state index in [0.717, 1.165) is 33.4 Å². The minimum absolute atomic E-state index is 0.0405. The van der Waals surface area contributed by atoms with Crippen molar-refractivity contribution in [1.82, 2.24) is 0 Å². The van der Waals surface area contributed by atoms with E-state index in [1.54, 1.807) is 18.2 Å². The normalized spacial score (nSPS) is 32.4. The van der Waals surface area contributed by atoms with Gasteiger partial charge in [-0.05, 0) is 96.4 Å². The van der Waals surface area contributed by atoms with Crippen molar-refractivity contribution in [3.05, 3.63) is 82.7 Å². The molecule has 40 heavy (non-hydrogen) atoms. The van der Waals surface area contributed by atoms with Crippen molar-refractivity contribution >= 4 is 5.78 Å². The fraction of sp³-hybridized carbons (Fsp3) is 0.469. The van der Waals surface area contributed by atoms with Crippen LogP contribution in [0.25, 0.3) is 11.1 Å². The number of carbonyl (C=O) groups is 1. The van der Waals surface area contributed by atoms with Gasteiger partial charge in [0.25, 0.3) is 0 Å². The SMILES string of the molecule is C[C@]12C[C@H](c3ccc(-c4ccc(F)cc4)cc3)C3=C4CCC(=O)C=C4CC[C@H]3[C@@H]1CC[C@@]2(O)C(F)(F)C(F)(F)F. The van der Waals surface area contributed by atoms with Crippen molar-refractivity contribution < 1.29 is 36.2 Å². The fourth-order valence-electron chi connectivity index (χ4n) is 8.26. The number of ketones is 1. The molecule has 212 valence electrons. The summed E-state index contributed by atoms with van der Waals surface area (Å²) in [4.78, 5) is 12.2. The largest absolute Gasteiger partial charge is 0.456 e. The first-order chi connectivity index (χ1) is 18.8. The van der Waals surface area contributed by atoms with Crippen LogP contribution in [-0.4, -0.2) is 28.6 Å². The number of carbonyl (C=O) groups excluding carboxylic acids is 1. The fourth-order valence-corrected chi connectivity index (χ4v) is 8.26. The first kappa shape index (κ1) is 27.3. The van der Waals surface area contributed by atoms with E-state index in [4.69, 9.17) is 0 Å². The van der Waals surface area contributed by atoms with Crippen LogP contribution in [0.3, 0.4) is 0 Å². The van der Waals surface area contributed by atoms with Gasteiger partial charge in [0.15, 0.2) is 5.78 Å². The van der Waals surface area contributed by atoms with Crippen LogP contribution in [0.2, 0.25) is 0 Å². The number of halogens is 6. The molecular formula is C32H30F6O2. The summed E-state index contributed by atoms with van der Waals surface area (Å²) in [5.41, 5.74) is 0.439. The first-order valence-corrected chi connectivity index (χ1v) is 13.8. The molecule has 4 aliphatic rings. The number of fused-ring (bicyclic) bond motifs is 4. The summed E-state index contributed by atoms with van der Waals surface area (Å²) in [5, 5.41) is 11.4. The molecule has 4 aliphatic carbocycles. The number of aliphatic hydroxyl groups is 1. The van der Waals surface area contributed by atoms with Gasteiger partial charge in [-0.2, -0.15) is 22.0 Å². The highest BCUT2D eigenvalue weighted by Gasteiger charge is 2.79. The third kappa shape index (κ3) is 3.85. The van der Waals surface area contributed by atoms with Gasteiger partial charge >= 0.3 is 12.1 Å². The summed E-state index contributed by atoms with van der Waals surface area (Å²) in [5.74, 6) is -6.88. The van der Waals surface area contributed by atoms with E-state index in [9.17, 15) is 27.5 Å². The lowest BCUT2D eigenvalue weighted by Crippen LogP contribution is -2.65. The molecule has 0 saturated heterocycles. The number of hydrogen-bond donors (Lipinski definition) is 1. The van der Waals surface area contributed by atoms with Crippen LogP contribution in [0.5, 0.6) is 0 Å². The topological polar surface area (TPSA) is 37.3 Å². The summed E-state index contributed by atoms with van der Waals surface area (Å²) >= 11 is 0. The smallest absolute Gasteiger partial charge is 0.383 e. The van der Waals surface area contributed by atoms with E-state index in [1.165, 1.54) is 19.1 Å². The van der Waals surface area contributed by atoms with E-state index < -0.39 is 41.4 Å². The molecule has 8 heteroatoms. The second-order valence-electron chi connectivity index (χ2n) is 12.1. The predicted molar refractivity (Wildman–Crippen MR) is 138 cm³/mol. The summed E-state index contributed by atoms with van der Waals surface area (Å²) in [6, 6.07) is 13.4. The maximum atomic E-state index is 15.1. The Hall–Kier alpha value is -2.87. The zero-order valence-corrected chi connectivity index (χ0v) is 22.0. The van der Waals surface area contributed by atoms with Crippen LogP contribution in [0.4, 0.5) is 26.3 Å². The first-order valence-electron chi connectivity index (χ1n) is 13.8. The third-order valence-corrected chi connectivity index (χ3v) is 10.3. The van der Waals surface area contributed by atoms with E-state index in [0.29, 0.717) is 25.7 Å². The Bertz CT molecular complexity index is 1400. The summed E-state index contributed by atoms with van der Waals surface area (Å²) < 4.78 is 84.8. The molecule has 5 atom stereocenters. The predicted octanol–water partition coefficient (Wildman–Crippen LogP) is 8.32. The van der Waals surface area contributed by atoms with Gasteiger partial charge in [0.1, 0.15) is 11.4 Å². The van der Waals surface area contributed by atoms with E-state index >= 15 is 8.78 Å². The van der Waals surface area contributed by atoms with Crippen molar-refractivity contribution in [1.29, 1.82) is 0 Å². The highest BCUT2D eigenvalue weighted by Crippen LogP contribution is 2.70. The van der Waals surface area contributed by atoms with Crippen molar-refractivity contribution in [2.75, 3.05) is 0 Å². The van der Waals surface area contributed by atoms with Gasteiger partial charge in [-0.1, -0.05) is 48.9 Å². The van der Waals surface area contributed by atoms with Gasteiger partial charge in [-0.3, -0.25) is 4.79 Å². The van der Waals surface area contributed by atoms with Crippen molar-refractivity contribution in [3.8, 4) is 11.1 Å². The van der Waals surface area contributed by atoms with Gasteiger partial charge in [0.05, 0.1) is 0 Å². The Morgan fingerprint density at radius 1 is 0.875 bits per heavy atom. The Balaban J connectivity index is 1.48. The number of alkyl halides is 5. The number of benzene rings is 2. The second-order valence-corrected chi connectivity index (χ2v) is 12.1. The molecule has 0 amide bonds. The Kier molecular flexibility index (Phi) is 6.19. The molecule has 0 aliphatic heterocycles. The second kappa shape index (κ2) is 9.07. The van der Waals surface area contributed by atoms with Gasteiger partial charge in [0, 0.05) is 17.8 Å². The van der Waals surface area contributed by atoms with Gasteiger partial charge in [-0.25, -0.2) is 4.39 Å². The van der Waals surface area contributed by atoms with Crippen LogP contribution in [0, 0.1) is 23.1 Å². The third-order valence-electron chi connectivity index (χ3n) is 10.3. The molecule has 2 fully saturated rings. The molecule has 0 aromatic heterocycles. The Morgan fingerprint density at radius 2 is 1.50 bits per heavy atom. The van der Waals surface area contributed by atoms with Gasteiger partial charge in [0.2, 0.25) is 0 Å². The monoisotopic (exact) mass is 560 g/mol. The molecule has 2 aromatic rings. The van der Waals surface area contributed by atoms with Gasteiger partial charge in [-0.15, -0.1) is 0 Å². The summed E-state index contributed by atoms with van der Waals surface area (Å²) in [6.07, 6.45) is -2.87. The quantitative estimate of drug-likeness (QED) is 0.384. The highest BCUT2D eigenvalue weighted by molar-refractivity contribution is 5.93. The molecule has 1 N–H and O–H groups in total. The summed E-state index contributed by atoms with van der Waals surface area (Å²) in [6.45, 7) is 1.42. The molecule has 0 heterocycles. The number of rotatable bonds is 3. The average Bonchev–Trinajstić information content (AvgIpc) is 3.19. The molecular weight excluding hydrogens is 530 g/mol.